The second kappa shape index (κ2) is 5.30. The van der Waals surface area contributed by atoms with Gasteiger partial charge in [-0.15, -0.1) is 0 Å². The molecule has 0 aliphatic rings. The Bertz CT molecular complexity index is 393. The van der Waals surface area contributed by atoms with Gasteiger partial charge >= 0.3 is 0 Å². The molecule has 14 heavy (non-hydrogen) atoms. The molecule has 0 spiro atoms. The molecule has 0 saturated heterocycles. The van der Waals surface area contributed by atoms with Crippen LogP contribution < -0.4 is 0 Å². The summed E-state index contributed by atoms with van der Waals surface area (Å²) >= 11 is 4.00. The van der Waals surface area contributed by atoms with Crippen molar-refractivity contribution in [2.45, 2.75) is 6.42 Å². The van der Waals surface area contributed by atoms with Gasteiger partial charge in [0.2, 0.25) is 0 Å². The molecule has 0 atom stereocenters. The largest absolute Gasteiger partial charge is 0.284 e. The molecule has 1 rings (SSSR count). The normalized spacial score (nSPS) is 8.93. The summed E-state index contributed by atoms with van der Waals surface area (Å²) in [5, 5.41) is 10.6. The topological polar surface area (TPSA) is 43.1 Å². The third-order valence-electron chi connectivity index (χ3n) is 1.56. The van der Waals surface area contributed by atoms with Crippen LogP contribution in [0.15, 0.2) is 24.3 Å². The average Bonchev–Trinajstić information content (AvgIpc) is 2.19. The van der Waals surface area contributed by atoms with E-state index in [1.807, 2.05) is 0 Å². The Hall–Kier alpha value is -1.47. The molecular weight excluding hydrogens is 198 g/mol. The molecule has 0 amide bonds. The van der Waals surface area contributed by atoms with Gasteiger partial charge in [-0.25, -0.2) is 0 Å². The van der Waals surface area contributed by atoms with Crippen molar-refractivity contribution in [2.75, 3.05) is 5.75 Å². The summed E-state index contributed by atoms with van der Waals surface area (Å²) in [7, 11) is 0. The molecule has 0 N–H and O–H groups in total. The van der Waals surface area contributed by atoms with E-state index in [1.54, 1.807) is 18.2 Å². The highest BCUT2D eigenvalue weighted by atomic mass is 32.1. The molecule has 0 unspecified atom stereocenters. The number of benzene rings is 1. The molecule has 1 aromatic rings. The minimum Gasteiger partial charge on any atom is -0.258 e. The van der Waals surface area contributed by atoms with Crippen LogP contribution in [0.3, 0.4) is 0 Å². The maximum absolute atomic E-state index is 10.6. The molecule has 72 valence electrons. The van der Waals surface area contributed by atoms with Crippen molar-refractivity contribution in [1.82, 2.24) is 0 Å². The first-order valence-corrected chi connectivity index (χ1v) is 4.72. The summed E-state index contributed by atoms with van der Waals surface area (Å²) in [4.78, 5) is 10.2. The van der Waals surface area contributed by atoms with Crippen LogP contribution in [-0.4, -0.2) is 10.7 Å². The van der Waals surface area contributed by atoms with Crippen molar-refractivity contribution in [3.8, 4) is 11.8 Å². The van der Waals surface area contributed by atoms with Gasteiger partial charge in [0.25, 0.3) is 5.69 Å². The molecule has 0 fully saturated rings. The maximum atomic E-state index is 10.6. The second-order valence-electron chi connectivity index (χ2n) is 2.55. The van der Waals surface area contributed by atoms with Crippen LogP contribution in [-0.2, 0) is 0 Å². The third kappa shape index (κ3) is 2.79. The number of rotatable bonds is 2. The van der Waals surface area contributed by atoms with Crippen molar-refractivity contribution in [2.24, 2.45) is 0 Å². The summed E-state index contributed by atoms with van der Waals surface area (Å²) in [5.74, 6) is 6.23. The lowest BCUT2D eigenvalue weighted by Gasteiger charge is -1.93. The number of nitro groups is 1. The Morgan fingerprint density at radius 3 is 2.79 bits per heavy atom. The van der Waals surface area contributed by atoms with Gasteiger partial charge in [0.05, 0.1) is 4.92 Å². The van der Waals surface area contributed by atoms with Gasteiger partial charge in [-0.2, -0.15) is 12.6 Å². The van der Waals surface area contributed by atoms with Gasteiger partial charge < -0.3 is 0 Å². The molecule has 0 radical (unpaired) electrons. The highest BCUT2D eigenvalue weighted by molar-refractivity contribution is 7.80. The predicted molar refractivity (Wildman–Crippen MR) is 58.4 cm³/mol. The lowest BCUT2D eigenvalue weighted by molar-refractivity contribution is -0.385. The molecule has 0 heterocycles. The molecular formula is C10H9NO2S. The summed E-state index contributed by atoms with van der Waals surface area (Å²) in [5.41, 5.74) is 0.512. The fraction of sp³-hybridized carbons (Fsp3) is 0.200. The van der Waals surface area contributed by atoms with Crippen molar-refractivity contribution < 1.29 is 4.92 Å². The zero-order chi connectivity index (χ0) is 10.4. The van der Waals surface area contributed by atoms with Crippen molar-refractivity contribution in [3.05, 3.63) is 39.9 Å². The van der Waals surface area contributed by atoms with Crippen LogP contribution in [0.2, 0.25) is 0 Å². The number of nitrogens with zero attached hydrogens (tertiary/aromatic N) is 1. The molecule has 0 aromatic heterocycles. The summed E-state index contributed by atoms with van der Waals surface area (Å²) in [6, 6.07) is 6.45. The number of thiol groups is 1. The Labute approximate surface area is 87.7 Å². The van der Waals surface area contributed by atoms with Crippen LogP contribution in [0.1, 0.15) is 12.0 Å². The Balaban J connectivity index is 2.97. The van der Waals surface area contributed by atoms with Gasteiger partial charge in [-0.3, -0.25) is 10.1 Å². The Morgan fingerprint density at radius 1 is 1.43 bits per heavy atom. The molecule has 0 saturated carbocycles. The van der Waals surface area contributed by atoms with E-state index >= 15 is 0 Å². The minimum atomic E-state index is -0.426. The summed E-state index contributed by atoms with van der Waals surface area (Å²) in [6.45, 7) is 0. The van der Waals surface area contributed by atoms with Crippen LogP contribution >= 0.6 is 12.6 Å². The molecule has 0 aliphatic heterocycles. The predicted octanol–water partition coefficient (Wildman–Crippen LogP) is 2.27. The number of hydrogen-bond acceptors (Lipinski definition) is 3. The zero-order valence-corrected chi connectivity index (χ0v) is 8.33. The highest BCUT2D eigenvalue weighted by Gasteiger charge is 2.08. The first-order valence-electron chi connectivity index (χ1n) is 4.09. The molecule has 0 bridgehead atoms. The zero-order valence-electron chi connectivity index (χ0n) is 7.43. The van der Waals surface area contributed by atoms with E-state index in [0.717, 1.165) is 0 Å². The summed E-state index contributed by atoms with van der Waals surface area (Å²) < 4.78 is 0. The fourth-order valence-corrected chi connectivity index (χ4v) is 1.06. The average molecular weight is 207 g/mol. The van der Waals surface area contributed by atoms with Gasteiger partial charge in [0.15, 0.2) is 0 Å². The lowest BCUT2D eigenvalue weighted by Crippen LogP contribution is -1.91. The van der Waals surface area contributed by atoms with Crippen LogP contribution in [0, 0.1) is 22.0 Å². The molecule has 3 nitrogen and oxygen atoms in total. The summed E-state index contributed by atoms with van der Waals surface area (Å²) in [6.07, 6.45) is 0.634. The van der Waals surface area contributed by atoms with E-state index in [9.17, 15) is 10.1 Å². The highest BCUT2D eigenvalue weighted by Crippen LogP contribution is 2.15. The van der Waals surface area contributed by atoms with E-state index in [-0.39, 0.29) is 5.69 Å². The van der Waals surface area contributed by atoms with E-state index in [4.69, 9.17) is 0 Å². The molecule has 4 heteroatoms. The van der Waals surface area contributed by atoms with Gasteiger partial charge in [-0.1, -0.05) is 24.0 Å². The van der Waals surface area contributed by atoms with Crippen molar-refractivity contribution >= 4 is 18.3 Å². The fourth-order valence-electron chi connectivity index (χ4n) is 0.952. The first kappa shape index (κ1) is 10.6. The quantitative estimate of drug-likeness (QED) is 0.350. The van der Waals surface area contributed by atoms with E-state index in [2.05, 4.69) is 24.5 Å². The number of nitro benzene ring substituents is 1. The number of hydrogen-bond donors (Lipinski definition) is 1. The Morgan fingerprint density at radius 2 is 2.14 bits per heavy atom. The SMILES string of the molecule is O=[N+]([O-])c1ccccc1C#CCCS. The lowest BCUT2D eigenvalue weighted by atomic mass is 10.2. The maximum Gasteiger partial charge on any atom is 0.284 e. The van der Waals surface area contributed by atoms with Crippen molar-refractivity contribution in [3.63, 3.8) is 0 Å². The monoisotopic (exact) mass is 207 g/mol. The van der Waals surface area contributed by atoms with E-state index in [1.165, 1.54) is 6.07 Å². The van der Waals surface area contributed by atoms with Gasteiger partial charge in [0.1, 0.15) is 5.56 Å². The van der Waals surface area contributed by atoms with Gasteiger partial charge in [-0.05, 0) is 6.07 Å². The van der Waals surface area contributed by atoms with Crippen LogP contribution in [0.4, 0.5) is 5.69 Å². The van der Waals surface area contributed by atoms with Crippen molar-refractivity contribution in [1.29, 1.82) is 0 Å². The minimum absolute atomic E-state index is 0.0548. The first-order chi connectivity index (χ1) is 6.75. The number of para-hydroxylation sites is 1. The third-order valence-corrected chi connectivity index (χ3v) is 1.78. The molecule has 1 aromatic carbocycles. The van der Waals surface area contributed by atoms with E-state index in [0.29, 0.717) is 17.7 Å². The smallest absolute Gasteiger partial charge is 0.258 e. The molecule has 0 aliphatic carbocycles. The van der Waals surface area contributed by atoms with Gasteiger partial charge in [0, 0.05) is 18.2 Å². The van der Waals surface area contributed by atoms with Crippen LogP contribution in [0.5, 0.6) is 0 Å². The van der Waals surface area contributed by atoms with Crippen LogP contribution in [0.25, 0.3) is 0 Å². The Kier molecular flexibility index (Phi) is 4.02. The standard InChI is InChI=1S/C10H9NO2S/c12-11(13)10-7-2-1-5-9(10)6-3-4-8-14/h1-2,5,7,14H,4,8H2. The van der Waals surface area contributed by atoms with E-state index < -0.39 is 4.92 Å². The second-order valence-corrected chi connectivity index (χ2v) is 3.00.